The van der Waals surface area contributed by atoms with E-state index in [0.717, 1.165) is 13.1 Å². The third-order valence-electron chi connectivity index (χ3n) is 3.04. The van der Waals surface area contributed by atoms with E-state index < -0.39 is 0 Å². The van der Waals surface area contributed by atoms with E-state index in [-0.39, 0.29) is 5.91 Å². The van der Waals surface area contributed by atoms with Gasteiger partial charge in [-0.2, -0.15) is 0 Å². The van der Waals surface area contributed by atoms with Gasteiger partial charge in [-0.25, -0.2) is 0 Å². The van der Waals surface area contributed by atoms with E-state index in [1.54, 1.807) is 18.2 Å². The Balaban J connectivity index is 2.49. The zero-order valence-corrected chi connectivity index (χ0v) is 12.5. The lowest BCUT2D eigenvalue weighted by atomic mass is 10.2. The van der Waals surface area contributed by atoms with E-state index in [2.05, 4.69) is 31.0 Å². The molecule has 0 aromatic heterocycles. The predicted molar refractivity (Wildman–Crippen MR) is 81.5 cm³/mol. The lowest BCUT2D eigenvalue weighted by molar-refractivity contribution is -0.116. The SMILES string of the molecule is CCN(CCC(=O)Nc1ccc(Cl)c(N)c1)C(C)C. The Morgan fingerprint density at radius 2 is 2.16 bits per heavy atom. The molecule has 0 atom stereocenters. The number of nitrogens with zero attached hydrogens (tertiary/aromatic N) is 1. The fraction of sp³-hybridized carbons (Fsp3) is 0.500. The van der Waals surface area contributed by atoms with Gasteiger partial charge in [0.2, 0.25) is 5.91 Å². The Kier molecular flexibility index (Phi) is 6.12. The van der Waals surface area contributed by atoms with Crippen LogP contribution >= 0.6 is 11.6 Å². The molecule has 0 saturated heterocycles. The highest BCUT2D eigenvalue weighted by Crippen LogP contribution is 2.22. The summed E-state index contributed by atoms with van der Waals surface area (Å²) in [6.07, 6.45) is 0.467. The second-order valence-corrected chi connectivity index (χ2v) is 5.16. The van der Waals surface area contributed by atoms with Gasteiger partial charge in [0.05, 0.1) is 10.7 Å². The number of amides is 1. The molecule has 0 radical (unpaired) electrons. The molecule has 0 aliphatic rings. The van der Waals surface area contributed by atoms with Crippen molar-refractivity contribution in [3.8, 4) is 0 Å². The number of halogens is 1. The highest BCUT2D eigenvalue weighted by atomic mass is 35.5. The van der Waals surface area contributed by atoms with Crippen LogP contribution in [0, 0.1) is 0 Å². The lowest BCUT2D eigenvalue weighted by Gasteiger charge is -2.24. The van der Waals surface area contributed by atoms with E-state index in [1.165, 1.54) is 0 Å². The van der Waals surface area contributed by atoms with Crippen LogP contribution in [0.1, 0.15) is 27.2 Å². The monoisotopic (exact) mass is 283 g/mol. The van der Waals surface area contributed by atoms with Crippen molar-refractivity contribution in [2.75, 3.05) is 24.1 Å². The van der Waals surface area contributed by atoms with Crippen molar-refractivity contribution in [3.05, 3.63) is 23.2 Å². The fourth-order valence-electron chi connectivity index (χ4n) is 1.87. The minimum absolute atomic E-state index is 0.0131. The molecule has 19 heavy (non-hydrogen) atoms. The van der Waals surface area contributed by atoms with Gasteiger partial charge in [0, 0.05) is 24.7 Å². The van der Waals surface area contributed by atoms with Crippen LogP contribution in [0.25, 0.3) is 0 Å². The first kappa shape index (κ1) is 15.8. The summed E-state index contributed by atoms with van der Waals surface area (Å²) < 4.78 is 0. The van der Waals surface area contributed by atoms with Gasteiger partial charge in [-0.3, -0.25) is 4.79 Å². The molecule has 1 aromatic carbocycles. The molecule has 0 unspecified atom stereocenters. The van der Waals surface area contributed by atoms with Crippen molar-refractivity contribution in [2.24, 2.45) is 0 Å². The molecule has 0 fully saturated rings. The maximum atomic E-state index is 11.8. The van der Waals surface area contributed by atoms with Crippen LogP contribution in [0.15, 0.2) is 18.2 Å². The van der Waals surface area contributed by atoms with Crippen molar-refractivity contribution < 1.29 is 4.79 Å². The Morgan fingerprint density at radius 1 is 1.47 bits per heavy atom. The number of rotatable bonds is 6. The Bertz CT molecular complexity index is 435. The molecule has 1 rings (SSSR count). The maximum Gasteiger partial charge on any atom is 0.225 e. The van der Waals surface area contributed by atoms with Crippen LogP contribution in [0.3, 0.4) is 0 Å². The average Bonchev–Trinajstić information content (AvgIpc) is 2.34. The summed E-state index contributed by atoms with van der Waals surface area (Å²) in [5.41, 5.74) is 6.84. The van der Waals surface area contributed by atoms with Crippen molar-refractivity contribution >= 4 is 28.9 Å². The summed E-state index contributed by atoms with van der Waals surface area (Å²) >= 11 is 5.83. The minimum Gasteiger partial charge on any atom is -0.397 e. The summed E-state index contributed by atoms with van der Waals surface area (Å²) in [6.45, 7) is 8.04. The third-order valence-corrected chi connectivity index (χ3v) is 3.39. The second kappa shape index (κ2) is 7.36. The molecule has 0 aliphatic carbocycles. The van der Waals surface area contributed by atoms with E-state index >= 15 is 0 Å². The van der Waals surface area contributed by atoms with Gasteiger partial charge in [0.15, 0.2) is 0 Å². The number of nitrogen functional groups attached to an aromatic ring is 1. The summed E-state index contributed by atoms with van der Waals surface area (Å²) in [4.78, 5) is 14.1. The predicted octanol–water partition coefficient (Wildman–Crippen LogP) is 2.98. The molecule has 1 aromatic rings. The first-order valence-corrected chi connectivity index (χ1v) is 6.90. The summed E-state index contributed by atoms with van der Waals surface area (Å²) in [5.74, 6) is -0.0131. The van der Waals surface area contributed by atoms with Gasteiger partial charge in [-0.1, -0.05) is 18.5 Å². The van der Waals surface area contributed by atoms with Crippen molar-refractivity contribution in [2.45, 2.75) is 33.2 Å². The maximum absolute atomic E-state index is 11.8. The Morgan fingerprint density at radius 3 is 2.68 bits per heavy atom. The zero-order valence-electron chi connectivity index (χ0n) is 11.7. The van der Waals surface area contributed by atoms with Gasteiger partial charge in [-0.05, 0) is 38.6 Å². The standard InChI is InChI=1S/C14H22ClN3O/c1-4-18(10(2)3)8-7-14(19)17-11-5-6-12(15)13(16)9-11/h5-6,9-10H,4,7-8,16H2,1-3H3,(H,17,19). The summed E-state index contributed by atoms with van der Waals surface area (Å²) in [6, 6.07) is 5.54. The molecule has 0 heterocycles. The van der Waals surface area contributed by atoms with Gasteiger partial charge >= 0.3 is 0 Å². The first-order valence-electron chi connectivity index (χ1n) is 6.53. The number of nitrogens with two attached hydrogens (primary N) is 1. The number of hydrogen-bond acceptors (Lipinski definition) is 3. The Labute approximate surface area is 119 Å². The zero-order chi connectivity index (χ0) is 14.4. The molecule has 0 spiro atoms. The highest BCUT2D eigenvalue weighted by molar-refractivity contribution is 6.33. The molecule has 0 aliphatic heterocycles. The fourth-order valence-corrected chi connectivity index (χ4v) is 1.99. The van der Waals surface area contributed by atoms with Crippen molar-refractivity contribution in [1.82, 2.24) is 4.90 Å². The Hall–Kier alpha value is -1.26. The number of carbonyl (C=O) groups excluding carboxylic acids is 1. The van der Waals surface area contributed by atoms with Gasteiger partial charge < -0.3 is 16.0 Å². The van der Waals surface area contributed by atoms with Crippen molar-refractivity contribution in [3.63, 3.8) is 0 Å². The van der Waals surface area contributed by atoms with Crippen LogP contribution in [0.2, 0.25) is 5.02 Å². The van der Waals surface area contributed by atoms with Crippen LogP contribution in [0.5, 0.6) is 0 Å². The first-order chi connectivity index (χ1) is 8.93. The van der Waals surface area contributed by atoms with E-state index in [0.29, 0.717) is 28.9 Å². The molecular formula is C14H22ClN3O. The number of benzene rings is 1. The smallest absolute Gasteiger partial charge is 0.225 e. The minimum atomic E-state index is -0.0131. The normalized spacial score (nSPS) is 11.1. The number of anilines is 2. The summed E-state index contributed by atoms with van der Waals surface area (Å²) in [7, 11) is 0. The molecule has 3 N–H and O–H groups in total. The van der Waals surface area contributed by atoms with Gasteiger partial charge in [0.1, 0.15) is 0 Å². The molecule has 5 heteroatoms. The molecule has 0 saturated carbocycles. The average molecular weight is 284 g/mol. The molecule has 1 amide bonds. The van der Waals surface area contributed by atoms with Gasteiger partial charge in [0.25, 0.3) is 0 Å². The summed E-state index contributed by atoms with van der Waals surface area (Å²) in [5, 5.41) is 3.32. The molecular weight excluding hydrogens is 262 g/mol. The van der Waals surface area contributed by atoms with Crippen LogP contribution in [-0.4, -0.2) is 29.9 Å². The third kappa shape index (κ3) is 5.09. The van der Waals surface area contributed by atoms with Crippen LogP contribution in [-0.2, 0) is 4.79 Å². The van der Waals surface area contributed by atoms with Crippen LogP contribution < -0.4 is 11.1 Å². The number of hydrogen-bond donors (Lipinski definition) is 2. The quantitative estimate of drug-likeness (QED) is 0.789. The second-order valence-electron chi connectivity index (χ2n) is 4.76. The van der Waals surface area contributed by atoms with E-state index in [1.807, 2.05) is 0 Å². The van der Waals surface area contributed by atoms with E-state index in [4.69, 9.17) is 17.3 Å². The van der Waals surface area contributed by atoms with E-state index in [9.17, 15) is 4.79 Å². The lowest BCUT2D eigenvalue weighted by Crippen LogP contribution is -2.33. The van der Waals surface area contributed by atoms with Crippen molar-refractivity contribution in [1.29, 1.82) is 0 Å². The van der Waals surface area contributed by atoms with Gasteiger partial charge in [-0.15, -0.1) is 0 Å². The largest absolute Gasteiger partial charge is 0.397 e. The molecule has 0 bridgehead atoms. The molecule has 106 valence electrons. The number of nitrogens with one attached hydrogen (secondary N) is 1. The highest BCUT2D eigenvalue weighted by Gasteiger charge is 2.10. The van der Waals surface area contributed by atoms with Crippen LogP contribution in [0.4, 0.5) is 11.4 Å². The topological polar surface area (TPSA) is 58.4 Å². The molecule has 4 nitrogen and oxygen atoms in total. The number of carbonyl (C=O) groups is 1.